The fraction of sp³-hybridized carbons (Fsp3) is 0.188. The molecule has 0 bridgehead atoms. The van der Waals surface area contributed by atoms with E-state index in [1.165, 1.54) is 12.1 Å². The maximum Gasteiger partial charge on any atom is 0.419 e. The van der Waals surface area contributed by atoms with Crippen molar-refractivity contribution in [2.24, 2.45) is 0 Å². The van der Waals surface area contributed by atoms with E-state index in [1.807, 2.05) is 5.10 Å². The number of nitrogens with zero attached hydrogens (tertiary/aromatic N) is 1. The molecule has 10 heteroatoms. The first-order valence-electron chi connectivity index (χ1n) is 7.12. The van der Waals surface area contributed by atoms with Gasteiger partial charge in [-0.25, -0.2) is 4.39 Å². The quantitative estimate of drug-likeness (QED) is 0.644. The number of aromatic amines is 1. The standard InChI is InChI=1S/C16H9F7N2O/c17-12-3-1-9(6-11(12)16(21,22)23)8-2-4-13-10(5-8)14(26)24-25(13)7-15(18,19)20/h1-6H,7H2,(H,24,26). The molecule has 1 heterocycles. The van der Waals surface area contributed by atoms with Gasteiger partial charge in [-0.1, -0.05) is 12.1 Å². The number of aromatic nitrogens is 2. The molecule has 2 aromatic carbocycles. The number of fused-ring (bicyclic) bond motifs is 1. The summed E-state index contributed by atoms with van der Waals surface area (Å²) in [6, 6.07) is 5.92. The van der Waals surface area contributed by atoms with E-state index in [9.17, 15) is 35.5 Å². The Morgan fingerprint density at radius 1 is 0.923 bits per heavy atom. The van der Waals surface area contributed by atoms with Crippen molar-refractivity contribution in [3.05, 3.63) is 58.1 Å². The zero-order chi connectivity index (χ0) is 19.3. The second kappa shape index (κ2) is 5.89. The lowest BCUT2D eigenvalue weighted by Crippen LogP contribution is -2.19. The zero-order valence-electron chi connectivity index (χ0n) is 12.7. The minimum Gasteiger partial charge on any atom is -0.275 e. The predicted octanol–water partition coefficient (Wildman–Crippen LogP) is 4.72. The summed E-state index contributed by atoms with van der Waals surface area (Å²) in [4.78, 5) is 11.9. The molecule has 3 nitrogen and oxygen atoms in total. The Bertz CT molecular complexity index is 1030. The molecule has 0 fully saturated rings. The molecule has 0 aliphatic heterocycles. The summed E-state index contributed by atoms with van der Waals surface area (Å²) in [5, 5.41) is 1.91. The number of rotatable bonds is 2. The summed E-state index contributed by atoms with van der Waals surface area (Å²) in [6.45, 7) is -1.42. The van der Waals surface area contributed by atoms with Crippen LogP contribution in [0.5, 0.6) is 0 Å². The monoisotopic (exact) mass is 378 g/mol. The van der Waals surface area contributed by atoms with Crippen molar-refractivity contribution < 1.29 is 30.7 Å². The lowest BCUT2D eigenvalue weighted by atomic mass is 10.0. The molecule has 0 amide bonds. The molecule has 0 aliphatic carbocycles. The third-order valence-electron chi connectivity index (χ3n) is 3.71. The van der Waals surface area contributed by atoms with Crippen molar-refractivity contribution in [1.82, 2.24) is 9.78 Å². The highest BCUT2D eigenvalue weighted by atomic mass is 19.4. The van der Waals surface area contributed by atoms with Crippen molar-refractivity contribution in [2.75, 3.05) is 0 Å². The van der Waals surface area contributed by atoms with Crippen LogP contribution in [0.3, 0.4) is 0 Å². The lowest BCUT2D eigenvalue weighted by Gasteiger charge is -2.11. The molecule has 3 aromatic rings. The Balaban J connectivity index is 2.11. The van der Waals surface area contributed by atoms with Gasteiger partial charge in [0.15, 0.2) is 0 Å². The van der Waals surface area contributed by atoms with E-state index in [-0.39, 0.29) is 22.0 Å². The zero-order valence-corrected chi connectivity index (χ0v) is 12.7. The topological polar surface area (TPSA) is 37.8 Å². The fourth-order valence-corrected chi connectivity index (χ4v) is 2.60. The van der Waals surface area contributed by atoms with Crippen molar-refractivity contribution in [3.8, 4) is 11.1 Å². The predicted molar refractivity (Wildman–Crippen MR) is 79.0 cm³/mol. The maximum absolute atomic E-state index is 13.4. The smallest absolute Gasteiger partial charge is 0.275 e. The molecule has 0 atom stereocenters. The van der Waals surface area contributed by atoms with Crippen LogP contribution in [0.2, 0.25) is 0 Å². The van der Waals surface area contributed by atoms with Gasteiger partial charge in [0.1, 0.15) is 12.4 Å². The molecule has 26 heavy (non-hydrogen) atoms. The Kier molecular flexibility index (Phi) is 4.08. The first kappa shape index (κ1) is 18.0. The molecule has 0 radical (unpaired) electrons. The van der Waals surface area contributed by atoms with E-state index in [4.69, 9.17) is 0 Å². The van der Waals surface area contributed by atoms with E-state index in [0.29, 0.717) is 16.8 Å². The molecular formula is C16H9F7N2O. The molecule has 1 aromatic heterocycles. The number of benzene rings is 2. The SMILES string of the molecule is O=c1[nH]n(CC(F)(F)F)c2ccc(-c3ccc(F)c(C(F)(F)F)c3)cc12. The summed E-state index contributed by atoms with van der Waals surface area (Å²) < 4.78 is 90.0. The van der Waals surface area contributed by atoms with Gasteiger partial charge in [-0.15, -0.1) is 0 Å². The van der Waals surface area contributed by atoms with Gasteiger partial charge >= 0.3 is 12.4 Å². The number of H-pyrrole nitrogens is 1. The Hall–Kier alpha value is -2.78. The second-order valence-corrected chi connectivity index (χ2v) is 5.57. The number of hydrogen-bond acceptors (Lipinski definition) is 1. The van der Waals surface area contributed by atoms with Crippen LogP contribution in [0.4, 0.5) is 30.7 Å². The third-order valence-corrected chi connectivity index (χ3v) is 3.71. The van der Waals surface area contributed by atoms with Crippen LogP contribution in [0.1, 0.15) is 5.56 Å². The van der Waals surface area contributed by atoms with E-state index >= 15 is 0 Å². The van der Waals surface area contributed by atoms with Crippen LogP contribution in [-0.4, -0.2) is 16.0 Å². The average molecular weight is 378 g/mol. The van der Waals surface area contributed by atoms with Crippen LogP contribution < -0.4 is 5.56 Å². The van der Waals surface area contributed by atoms with E-state index < -0.39 is 35.8 Å². The average Bonchev–Trinajstić information content (AvgIpc) is 2.80. The van der Waals surface area contributed by atoms with E-state index in [2.05, 4.69) is 0 Å². The highest BCUT2D eigenvalue weighted by molar-refractivity contribution is 5.84. The maximum atomic E-state index is 13.4. The van der Waals surface area contributed by atoms with Crippen molar-refractivity contribution in [1.29, 1.82) is 0 Å². The molecule has 1 N–H and O–H groups in total. The van der Waals surface area contributed by atoms with Gasteiger partial charge in [0.2, 0.25) is 0 Å². The van der Waals surface area contributed by atoms with Crippen molar-refractivity contribution in [2.45, 2.75) is 18.9 Å². The van der Waals surface area contributed by atoms with Gasteiger partial charge < -0.3 is 0 Å². The van der Waals surface area contributed by atoms with E-state index in [1.54, 1.807) is 0 Å². The highest BCUT2D eigenvalue weighted by Gasteiger charge is 2.34. The van der Waals surface area contributed by atoms with Crippen LogP contribution >= 0.6 is 0 Å². The van der Waals surface area contributed by atoms with Crippen molar-refractivity contribution in [3.63, 3.8) is 0 Å². The molecule has 0 unspecified atom stereocenters. The lowest BCUT2D eigenvalue weighted by molar-refractivity contribution is -0.142. The third kappa shape index (κ3) is 3.44. The van der Waals surface area contributed by atoms with Crippen LogP contribution in [0.15, 0.2) is 41.2 Å². The van der Waals surface area contributed by atoms with Gasteiger partial charge in [0, 0.05) is 0 Å². The first-order chi connectivity index (χ1) is 12.0. The Morgan fingerprint density at radius 3 is 2.15 bits per heavy atom. The van der Waals surface area contributed by atoms with Gasteiger partial charge in [0.25, 0.3) is 5.56 Å². The number of alkyl halides is 6. The van der Waals surface area contributed by atoms with Gasteiger partial charge in [-0.2, -0.15) is 26.3 Å². The normalized spacial score (nSPS) is 12.7. The number of halogens is 7. The van der Waals surface area contributed by atoms with Gasteiger partial charge in [-0.05, 0) is 35.4 Å². The highest BCUT2D eigenvalue weighted by Crippen LogP contribution is 2.34. The summed E-state index contributed by atoms with van der Waals surface area (Å²) >= 11 is 0. The van der Waals surface area contributed by atoms with Gasteiger partial charge in [0.05, 0.1) is 16.5 Å². The Labute approximate surface area is 140 Å². The Morgan fingerprint density at radius 2 is 1.54 bits per heavy atom. The summed E-state index contributed by atoms with van der Waals surface area (Å²) in [7, 11) is 0. The van der Waals surface area contributed by atoms with Crippen LogP contribution in [0.25, 0.3) is 22.0 Å². The molecular weight excluding hydrogens is 369 g/mol. The molecule has 0 saturated heterocycles. The number of hydrogen-bond donors (Lipinski definition) is 1. The van der Waals surface area contributed by atoms with Crippen molar-refractivity contribution >= 4 is 10.9 Å². The summed E-state index contributed by atoms with van der Waals surface area (Å²) in [6.07, 6.45) is -9.47. The second-order valence-electron chi connectivity index (χ2n) is 5.57. The molecule has 0 aliphatic rings. The first-order valence-corrected chi connectivity index (χ1v) is 7.12. The fourth-order valence-electron chi connectivity index (χ4n) is 2.60. The van der Waals surface area contributed by atoms with Crippen LogP contribution in [0, 0.1) is 5.82 Å². The van der Waals surface area contributed by atoms with Crippen LogP contribution in [-0.2, 0) is 12.7 Å². The minimum absolute atomic E-state index is 0.0244. The number of nitrogens with one attached hydrogen (secondary N) is 1. The molecule has 3 rings (SSSR count). The van der Waals surface area contributed by atoms with E-state index in [0.717, 1.165) is 12.1 Å². The summed E-state index contributed by atoms with van der Waals surface area (Å²) in [5.41, 5.74) is -2.22. The largest absolute Gasteiger partial charge is 0.419 e. The molecule has 138 valence electrons. The molecule has 0 saturated carbocycles. The van der Waals surface area contributed by atoms with Gasteiger partial charge in [-0.3, -0.25) is 14.6 Å². The minimum atomic E-state index is -4.91. The summed E-state index contributed by atoms with van der Waals surface area (Å²) in [5.74, 6) is -1.45. The molecule has 0 spiro atoms.